The third-order valence-corrected chi connectivity index (χ3v) is 2.73. The smallest absolute Gasteiger partial charge is 0.333 e. The standard InChI is InChI=1S/C15H20O3/c1-5-12(3)18-14-8-6-13(7-9-14)10-11(2)15(16)17-4/h6-9,12H,2,5,10H2,1,3-4H3. The first kappa shape index (κ1) is 14.3. The zero-order valence-corrected chi connectivity index (χ0v) is 11.2. The van der Waals surface area contributed by atoms with Crippen molar-refractivity contribution in [1.82, 2.24) is 0 Å². The molecule has 0 fully saturated rings. The molecular weight excluding hydrogens is 228 g/mol. The van der Waals surface area contributed by atoms with Crippen molar-refractivity contribution in [2.75, 3.05) is 7.11 Å². The highest BCUT2D eigenvalue weighted by Gasteiger charge is 2.07. The molecule has 0 aromatic heterocycles. The average molecular weight is 248 g/mol. The van der Waals surface area contributed by atoms with Crippen LogP contribution < -0.4 is 4.74 Å². The number of benzene rings is 1. The van der Waals surface area contributed by atoms with Crippen LogP contribution in [-0.4, -0.2) is 19.2 Å². The lowest BCUT2D eigenvalue weighted by molar-refractivity contribution is -0.136. The lowest BCUT2D eigenvalue weighted by Gasteiger charge is -2.12. The van der Waals surface area contributed by atoms with Crippen molar-refractivity contribution in [3.63, 3.8) is 0 Å². The molecule has 0 aliphatic rings. The molecule has 0 saturated heterocycles. The van der Waals surface area contributed by atoms with E-state index in [0.29, 0.717) is 12.0 Å². The van der Waals surface area contributed by atoms with Gasteiger partial charge in [-0.15, -0.1) is 0 Å². The first-order valence-corrected chi connectivity index (χ1v) is 6.08. The van der Waals surface area contributed by atoms with E-state index in [1.165, 1.54) is 7.11 Å². The van der Waals surface area contributed by atoms with Crippen LogP contribution in [0, 0.1) is 0 Å². The maximum Gasteiger partial charge on any atom is 0.333 e. The number of carbonyl (C=O) groups excluding carboxylic acids is 1. The summed E-state index contributed by atoms with van der Waals surface area (Å²) in [6, 6.07) is 7.69. The van der Waals surface area contributed by atoms with Gasteiger partial charge in [0, 0.05) is 12.0 Å². The minimum Gasteiger partial charge on any atom is -0.491 e. The molecule has 1 unspecified atom stereocenters. The van der Waals surface area contributed by atoms with Crippen molar-refractivity contribution in [3.8, 4) is 5.75 Å². The molecule has 0 heterocycles. The molecule has 0 bridgehead atoms. The van der Waals surface area contributed by atoms with Gasteiger partial charge >= 0.3 is 5.97 Å². The Bertz CT molecular complexity index is 406. The fraction of sp³-hybridized carbons (Fsp3) is 0.400. The van der Waals surface area contributed by atoms with E-state index in [4.69, 9.17) is 4.74 Å². The van der Waals surface area contributed by atoms with Crippen LogP contribution in [-0.2, 0) is 16.0 Å². The molecular formula is C15H20O3. The minimum absolute atomic E-state index is 0.209. The van der Waals surface area contributed by atoms with Gasteiger partial charge in [-0.05, 0) is 31.0 Å². The van der Waals surface area contributed by atoms with Crippen molar-refractivity contribution in [2.24, 2.45) is 0 Å². The zero-order valence-electron chi connectivity index (χ0n) is 11.2. The largest absolute Gasteiger partial charge is 0.491 e. The van der Waals surface area contributed by atoms with E-state index >= 15 is 0 Å². The molecule has 0 radical (unpaired) electrons. The molecule has 1 aromatic rings. The fourth-order valence-corrected chi connectivity index (χ4v) is 1.46. The van der Waals surface area contributed by atoms with Crippen LogP contribution in [0.2, 0.25) is 0 Å². The summed E-state index contributed by atoms with van der Waals surface area (Å²) in [5, 5.41) is 0. The number of hydrogen-bond acceptors (Lipinski definition) is 3. The van der Waals surface area contributed by atoms with E-state index in [1.807, 2.05) is 31.2 Å². The summed E-state index contributed by atoms with van der Waals surface area (Å²) in [4.78, 5) is 11.2. The SMILES string of the molecule is C=C(Cc1ccc(OC(C)CC)cc1)C(=O)OC. The van der Waals surface area contributed by atoms with E-state index < -0.39 is 0 Å². The molecule has 0 aliphatic heterocycles. The van der Waals surface area contributed by atoms with Gasteiger partial charge in [0.05, 0.1) is 13.2 Å². The predicted octanol–water partition coefficient (Wildman–Crippen LogP) is 3.14. The molecule has 0 amide bonds. The van der Waals surface area contributed by atoms with E-state index in [9.17, 15) is 4.79 Å². The Balaban J connectivity index is 2.60. The van der Waals surface area contributed by atoms with Gasteiger partial charge in [-0.1, -0.05) is 25.6 Å². The number of ether oxygens (including phenoxy) is 2. The molecule has 1 rings (SSSR count). The highest BCUT2D eigenvalue weighted by molar-refractivity contribution is 5.88. The first-order valence-electron chi connectivity index (χ1n) is 6.08. The highest BCUT2D eigenvalue weighted by Crippen LogP contribution is 2.16. The molecule has 18 heavy (non-hydrogen) atoms. The van der Waals surface area contributed by atoms with Gasteiger partial charge in [0.15, 0.2) is 0 Å². The molecule has 1 atom stereocenters. The second-order valence-electron chi connectivity index (χ2n) is 4.25. The Kier molecular flexibility index (Phi) is 5.43. The van der Waals surface area contributed by atoms with Crippen molar-refractivity contribution < 1.29 is 14.3 Å². The third kappa shape index (κ3) is 4.24. The molecule has 3 heteroatoms. The minimum atomic E-state index is -0.366. The Morgan fingerprint density at radius 3 is 2.44 bits per heavy atom. The summed E-state index contributed by atoms with van der Waals surface area (Å²) in [5.41, 5.74) is 1.47. The Morgan fingerprint density at radius 2 is 1.94 bits per heavy atom. The maximum atomic E-state index is 11.2. The summed E-state index contributed by atoms with van der Waals surface area (Å²) < 4.78 is 10.3. The van der Waals surface area contributed by atoms with Gasteiger partial charge < -0.3 is 9.47 Å². The van der Waals surface area contributed by atoms with E-state index in [1.54, 1.807) is 0 Å². The Morgan fingerprint density at radius 1 is 1.33 bits per heavy atom. The Hall–Kier alpha value is -1.77. The highest BCUT2D eigenvalue weighted by atomic mass is 16.5. The van der Waals surface area contributed by atoms with Crippen LogP contribution >= 0.6 is 0 Å². The van der Waals surface area contributed by atoms with Crippen molar-refractivity contribution >= 4 is 5.97 Å². The van der Waals surface area contributed by atoms with Crippen molar-refractivity contribution in [1.29, 1.82) is 0 Å². The topological polar surface area (TPSA) is 35.5 Å². The van der Waals surface area contributed by atoms with Crippen molar-refractivity contribution in [2.45, 2.75) is 32.8 Å². The van der Waals surface area contributed by atoms with E-state index in [-0.39, 0.29) is 12.1 Å². The normalized spacial score (nSPS) is 11.7. The second kappa shape index (κ2) is 6.84. The number of hydrogen-bond donors (Lipinski definition) is 0. The summed E-state index contributed by atoms with van der Waals surface area (Å²) in [7, 11) is 1.36. The van der Waals surface area contributed by atoms with Gasteiger partial charge in [-0.3, -0.25) is 0 Å². The van der Waals surface area contributed by atoms with Crippen LogP contribution in [0.5, 0.6) is 5.75 Å². The van der Waals surface area contributed by atoms with Gasteiger partial charge in [0.25, 0.3) is 0 Å². The molecule has 0 aliphatic carbocycles. The molecule has 98 valence electrons. The molecule has 0 spiro atoms. The number of esters is 1. The lowest BCUT2D eigenvalue weighted by Crippen LogP contribution is -2.09. The van der Waals surface area contributed by atoms with Crippen LogP contribution in [0.1, 0.15) is 25.8 Å². The third-order valence-electron chi connectivity index (χ3n) is 2.73. The summed E-state index contributed by atoms with van der Waals surface area (Å²) in [6.45, 7) is 7.82. The van der Waals surface area contributed by atoms with Gasteiger partial charge in [-0.2, -0.15) is 0 Å². The van der Waals surface area contributed by atoms with Gasteiger partial charge in [0.1, 0.15) is 5.75 Å². The van der Waals surface area contributed by atoms with E-state index in [0.717, 1.165) is 17.7 Å². The predicted molar refractivity (Wildman–Crippen MR) is 71.7 cm³/mol. The summed E-state index contributed by atoms with van der Waals surface area (Å²) >= 11 is 0. The maximum absolute atomic E-state index is 11.2. The van der Waals surface area contributed by atoms with E-state index in [2.05, 4.69) is 18.2 Å². The summed E-state index contributed by atoms with van der Waals surface area (Å²) in [6.07, 6.45) is 1.68. The Labute approximate surface area is 108 Å². The van der Waals surface area contributed by atoms with Gasteiger partial charge in [-0.25, -0.2) is 4.79 Å². The number of methoxy groups -OCH3 is 1. The number of rotatable bonds is 6. The molecule has 1 aromatic carbocycles. The van der Waals surface area contributed by atoms with Crippen molar-refractivity contribution in [3.05, 3.63) is 42.0 Å². The average Bonchev–Trinajstić information content (AvgIpc) is 2.39. The first-order chi connectivity index (χ1) is 8.56. The van der Waals surface area contributed by atoms with Gasteiger partial charge in [0.2, 0.25) is 0 Å². The van der Waals surface area contributed by atoms with Crippen LogP contribution in [0.25, 0.3) is 0 Å². The monoisotopic (exact) mass is 248 g/mol. The fourth-order valence-electron chi connectivity index (χ4n) is 1.46. The van der Waals surface area contributed by atoms with Crippen LogP contribution in [0.4, 0.5) is 0 Å². The molecule has 0 saturated carbocycles. The molecule has 3 nitrogen and oxygen atoms in total. The van der Waals surface area contributed by atoms with Crippen LogP contribution in [0.3, 0.4) is 0 Å². The lowest BCUT2D eigenvalue weighted by atomic mass is 10.1. The summed E-state index contributed by atoms with van der Waals surface area (Å²) in [5.74, 6) is 0.478. The zero-order chi connectivity index (χ0) is 13.5. The molecule has 0 N–H and O–H groups in total. The second-order valence-corrected chi connectivity index (χ2v) is 4.25. The quantitative estimate of drug-likeness (QED) is 0.573. The number of carbonyl (C=O) groups is 1. The van der Waals surface area contributed by atoms with Crippen LogP contribution in [0.15, 0.2) is 36.4 Å².